The Hall–Kier alpha value is -2.04. The second kappa shape index (κ2) is 16.0. The molecule has 0 fully saturated rings. The molecule has 0 saturated carbocycles. The van der Waals surface area contributed by atoms with Gasteiger partial charge in [0, 0.05) is 6.42 Å². The van der Waals surface area contributed by atoms with Crippen molar-refractivity contribution >= 4 is 12.1 Å². The zero-order valence-electron chi connectivity index (χ0n) is 17.6. The summed E-state index contributed by atoms with van der Waals surface area (Å²) in [5.74, 6) is -0.412. The number of hydrogen-bond acceptors (Lipinski definition) is 4. The lowest BCUT2D eigenvalue weighted by Crippen LogP contribution is -2.43. The van der Waals surface area contributed by atoms with Crippen LogP contribution in [0.3, 0.4) is 0 Å². The van der Waals surface area contributed by atoms with Gasteiger partial charge >= 0.3 is 12.1 Å². The Morgan fingerprint density at radius 2 is 1.46 bits per heavy atom. The van der Waals surface area contributed by atoms with Crippen LogP contribution in [0.2, 0.25) is 0 Å². The second-order valence-corrected chi connectivity index (χ2v) is 7.23. The second-order valence-electron chi connectivity index (χ2n) is 7.23. The number of hydrogen-bond donors (Lipinski definition) is 1. The van der Waals surface area contributed by atoms with E-state index in [-0.39, 0.29) is 0 Å². The Bertz CT molecular complexity index is 533. The molecule has 0 spiro atoms. The summed E-state index contributed by atoms with van der Waals surface area (Å²) in [4.78, 5) is 23.9. The average Bonchev–Trinajstić information content (AvgIpc) is 2.72. The summed E-state index contributed by atoms with van der Waals surface area (Å²) in [5.41, 5.74) is 0.958. The fourth-order valence-electron chi connectivity index (χ4n) is 3.11. The van der Waals surface area contributed by atoms with E-state index in [2.05, 4.69) is 17.0 Å². The standard InChI is InChI=1S/C23H37NO4/c1-3-4-5-6-7-8-9-10-11-15-18-28-22(25)21(24-23(26)27-2)19-20-16-13-12-14-17-20/h12-14,16-17,21H,3-11,15,18-19H2,1-2H3,(H,24,26). The van der Waals surface area contributed by atoms with Crippen molar-refractivity contribution in [1.29, 1.82) is 0 Å². The molecular formula is C23H37NO4. The molecule has 0 aromatic heterocycles. The lowest BCUT2D eigenvalue weighted by atomic mass is 10.1. The van der Waals surface area contributed by atoms with Gasteiger partial charge in [-0.1, -0.05) is 95.0 Å². The molecule has 5 heteroatoms. The summed E-state index contributed by atoms with van der Waals surface area (Å²) in [7, 11) is 1.28. The van der Waals surface area contributed by atoms with Crippen molar-refractivity contribution in [2.75, 3.05) is 13.7 Å². The third kappa shape index (κ3) is 11.6. The van der Waals surface area contributed by atoms with Gasteiger partial charge in [0.15, 0.2) is 0 Å². The van der Waals surface area contributed by atoms with Gasteiger partial charge in [-0.2, -0.15) is 0 Å². The van der Waals surface area contributed by atoms with Gasteiger partial charge in [0.05, 0.1) is 13.7 Å². The maximum atomic E-state index is 12.4. The molecule has 28 heavy (non-hydrogen) atoms. The van der Waals surface area contributed by atoms with Crippen LogP contribution in [0.4, 0.5) is 4.79 Å². The van der Waals surface area contributed by atoms with Crippen LogP contribution in [0.15, 0.2) is 30.3 Å². The smallest absolute Gasteiger partial charge is 0.407 e. The maximum Gasteiger partial charge on any atom is 0.407 e. The van der Waals surface area contributed by atoms with Crippen LogP contribution < -0.4 is 5.32 Å². The van der Waals surface area contributed by atoms with Gasteiger partial charge in [0.2, 0.25) is 0 Å². The third-order valence-corrected chi connectivity index (χ3v) is 4.79. The monoisotopic (exact) mass is 391 g/mol. The molecule has 1 rings (SSSR count). The highest BCUT2D eigenvalue weighted by Crippen LogP contribution is 2.11. The van der Waals surface area contributed by atoms with Crippen molar-refractivity contribution in [3.05, 3.63) is 35.9 Å². The van der Waals surface area contributed by atoms with Gasteiger partial charge in [-0.05, 0) is 12.0 Å². The first-order valence-corrected chi connectivity index (χ1v) is 10.7. The minimum Gasteiger partial charge on any atom is -0.464 e. The first-order valence-electron chi connectivity index (χ1n) is 10.7. The summed E-state index contributed by atoms with van der Waals surface area (Å²) in [5, 5.41) is 2.57. The molecule has 0 radical (unpaired) electrons. The van der Waals surface area contributed by atoms with E-state index in [1.54, 1.807) is 0 Å². The molecule has 0 saturated heterocycles. The number of alkyl carbamates (subject to hydrolysis) is 1. The van der Waals surface area contributed by atoms with E-state index < -0.39 is 18.1 Å². The first-order chi connectivity index (χ1) is 13.7. The predicted molar refractivity (Wildman–Crippen MR) is 112 cm³/mol. The number of amides is 1. The molecule has 5 nitrogen and oxygen atoms in total. The molecule has 1 aromatic carbocycles. The van der Waals surface area contributed by atoms with Crippen LogP contribution in [0.1, 0.15) is 76.7 Å². The molecule has 1 unspecified atom stereocenters. The number of carbonyl (C=O) groups excluding carboxylic acids is 2. The Labute approximate surface area is 170 Å². The fourth-order valence-corrected chi connectivity index (χ4v) is 3.11. The molecule has 0 heterocycles. The molecule has 1 N–H and O–H groups in total. The highest BCUT2D eigenvalue weighted by atomic mass is 16.5. The fraction of sp³-hybridized carbons (Fsp3) is 0.652. The summed E-state index contributed by atoms with van der Waals surface area (Å²) in [6.07, 6.45) is 12.1. The number of carbonyl (C=O) groups is 2. The lowest BCUT2D eigenvalue weighted by molar-refractivity contribution is -0.146. The van der Waals surface area contributed by atoms with Gasteiger partial charge < -0.3 is 14.8 Å². The van der Waals surface area contributed by atoms with E-state index >= 15 is 0 Å². The van der Waals surface area contributed by atoms with Crippen LogP contribution in [0, 0.1) is 0 Å². The number of rotatable bonds is 15. The summed E-state index contributed by atoms with van der Waals surface area (Å²) in [6, 6.07) is 8.82. The van der Waals surface area contributed by atoms with Gasteiger partial charge in [0.25, 0.3) is 0 Å². The van der Waals surface area contributed by atoms with Gasteiger partial charge in [-0.15, -0.1) is 0 Å². The molecule has 158 valence electrons. The molecule has 1 atom stereocenters. The lowest BCUT2D eigenvalue weighted by Gasteiger charge is -2.17. The molecular weight excluding hydrogens is 354 g/mol. The highest BCUT2D eigenvalue weighted by Gasteiger charge is 2.23. The summed E-state index contributed by atoms with van der Waals surface area (Å²) < 4.78 is 10.0. The predicted octanol–water partition coefficient (Wildman–Crippen LogP) is 5.42. The van der Waals surface area contributed by atoms with Crippen molar-refractivity contribution in [1.82, 2.24) is 5.32 Å². The normalized spacial score (nSPS) is 11.6. The maximum absolute atomic E-state index is 12.4. The largest absolute Gasteiger partial charge is 0.464 e. The first kappa shape index (κ1) is 24.0. The van der Waals surface area contributed by atoms with Crippen molar-refractivity contribution in [2.24, 2.45) is 0 Å². The minimum absolute atomic E-state index is 0.382. The number of esters is 1. The Balaban J connectivity index is 2.21. The number of methoxy groups -OCH3 is 1. The average molecular weight is 392 g/mol. The molecule has 0 aliphatic heterocycles. The van der Waals surface area contributed by atoms with E-state index in [1.165, 1.54) is 58.5 Å². The Morgan fingerprint density at radius 1 is 0.893 bits per heavy atom. The number of nitrogens with one attached hydrogen (secondary N) is 1. The number of unbranched alkanes of at least 4 members (excludes halogenated alkanes) is 9. The van der Waals surface area contributed by atoms with Crippen molar-refractivity contribution < 1.29 is 19.1 Å². The van der Waals surface area contributed by atoms with Crippen molar-refractivity contribution in [3.63, 3.8) is 0 Å². The van der Waals surface area contributed by atoms with Crippen molar-refractivity contribution in [3.8, 4) is 0 Å². The van der Waals surface area contributed by atoms with Crippen LogP contribution in [-0.2, 0) is 20.7 Å². The Morgan fingerprint density at radius 3 is 2.04 bits per heavy atom. The quantitative estimate of drug-likeness (QED) is 0.320. The molecule has 1 aromatic rings. The van der Waals surface area contributed by atoms with E-state index in [1.807, 2.05) is 30.3 Å². The molecule has 0 aliphatic rings. The van der Waals surface area contributed by atoms with Crippen LogP contribution in [0.25, 0.3) is 0 Å². The molecule has 1 amide bonds. The third-order valence-electron chi connectivity index (χ3n) is 4.79. The van der Waals surface area contributed by atoms with Gasteiger partial charge in [-0.3, -0.25) is 0 Å². The van der Waals surface area contributed by atoms with E-state index in [9.17, 15) is 9.59 Å². The Kier molecular flexibility index (Phi) is 13.7. The van der Waals surface area contributed by atoms with E-state index in [4.69, 9.17) is 4.74 Å². The minimum atomic E-state index is -0.738. The number of ether oxygens (including phenoxy) is 2. The summed E-state index contributed by atoms with van der Waals surface area (Å²) >= 11 is 0. The van der Waals surface area contributed by atoms with Crippen LogP contribution in [-0.4, -0.2) is 31.8 Å². The van der Waals surface area contributed by atoms with Crippen LogP contribution >= 0.6 is 0 Å². The van der Waals surface area contributed by atoms with E-state index in [0.717, 1.165) is 18.4 Å². The highest BCUT2D eigenvalue weighted by molar-refractivity contribution is 5.81. The SMILES string of the molecule is CCCCCCCCCCCCOC(=O)C(Cc1ccccc1)NC(=O)OC. The zero-order chi connectivity index (χ0) is 20.5. The number of benzene rings is 1. The van der Waals surface area contributed by atoms with Crippen LogP contribution in [0.5, 0.6) is 0 Å². The zero-order valence-corrected chi connectivity index (χ0v) is 17.6. The molecule has 0 bridgehead atoms. The molecule has 0 aliphatic carbocycles. The topological polar surface area (TPSA) is 64.6 Å². The van der Waals surface area contributed by atoms with Gasteiger partial charge in [-0.25, -0.2) is 9.59 Å². The van der Waals surface area contributed by atoms with Gasteiger partial charge in [0.1, 0.15) is 6.04 Å². The van der Waals surface area contributed by atoms with Crippen molar-refractivity contribution in [2.45, 2.75) is 83.6 Å². The summed E-state index contributed by atoms with van der Waals surface area (Å²) in [6.45, 7) is 2.63. The van der Waals surface area contributed by atoms with E-state index in [0.29, 0.717) is 13.0 Å².